The molecule has 0 aliphatic carbocycles. The molecule has 2 atom stereocenters. The van der Waals surface area contributed by atoms with Crippen LogP contribution in [0.15, 0.2) is 42.6 Å². The molecule has 1 saturated heterocycles. The lowest BCUT2D eigenvalue weighted by atomic mass is 9.83. The molecule has 0 radical (unpaired) electrons. The van der Waals surface area contributed by atoms with Gasteiger partial charge in [0.1, 0.15) is 5.15 Å². The lowest BCUT2D eigenvalue weighted by Gasteiger charge is -2.31. The van der Waals surface area contributed by atoms with Gasteiger partial charge in [-0.15, -0.1) is 0 Å². The van der Waals surface area contributed by atoms with E-state index in [1.165, 1.54) is 0 Å². The summed E-state index contributed by atoms with van der Waals surface area (Å²) in [6, 6.07) is 11.5. The number of benzene rings is 1. The highest BCUT2D eigenvalue weighted by Gasteiger charge is 2.43. The number of nitrogens with one attached hydrogen (secondary N) is 2. The monoisotopic (exact) mass is 337 g/mol. The van der Waals surface area contributed by atoms with Crippen LogP contribution >= 0.6 is 35.4 Å². The quantitative estimate of drug-likeness (QED) is 0.645. The van der Waals surface area contributed by atoms with Gasteiger partial charge in [0.2, 0.25) is 0 Å². The van der Waals surface area contributed by atoms with Crippen LogP contribution in [0.4, 0.5) is 0 Å². The van der Waals surface area contributed by atoms with Crippen LogP contribution in [0.1, 0.15) is 24.1 Å². The minimum atomic E-state index is -0.400. The first-order valence-electron chi connectivity index (χ1n) is 6.45. The Balaban J connectivity index is 2.04. The van der Waals surface area contributed by atoms with Gasteiger partial charge in [0, 0.05) is 11.2 Å². The van der Waals surface area contributed by atoms with Gasteiger partial charge in [0.15, 0.2) is 5.11 Å². The Morgan fingerprint density at radius 2 is 1.86 bits per heavy atom. The second-order valence-corrected chi connectivity index (χ2v) is 6.39. The number of hydrogen-bond acceptors (Lipinski definition) is 2. The fourth-order valence-corrected chi connectivity index (χ4v) is 3.18. The van der Waals surface area contributed by atoms with Crippen LogP contribution in [0.3, 0.4) is 0 Å². The molecule has 3 nitrogen and oxygen atoms in total. The van der Waals surface area contributed by atoms with Gasteiger partial charge in [0.25, 0.3) is 0 Å². The Morgan fingerprint density at radius 1 is 1.14 bits per heavy atom. The predicted octanol–water partition coefficient (Wildman–Crippen LogP) is 3.82. The zero-order valence-electron chi connectivity index (χ0n) is 11.2. The van der Waals surface area contributed by atoms with E-state index in [4.69, 9.17) is 35.4 Å². The van der Waals surface area contributed by atoms with Gasteiger partial charge in [-0.05, 0) is 48.5 Å². The first kappa shape index (κ1) is 14.6. The van der Waals surface area contributed by atoms with Crippen LogP contribution < -0.4 is 10.6 Å². The van der Waals surface area contributed by atoms with Gasteiger partial charge in [0.05, 0.1) is 11.6 Å². The first-order valence-corrected chi connectivity index (χ1v) is 7.61. The van der Waals surface area contributed by atoms with E-state index in [1.807, 2.05) is 30.3 Å². The molecule has 0 amide bonds. The second kappa shape index (κ2) is 5.44. The summed E-state index contributed by atoms with van der Waals surface area (Å²) in [7, 11) is 0. The number of nitrogens with zero attached hydrogens (tertiary/aromatic N) is 1. The van der Waals surface area contributed by atoms with Crippen LogP contribution in [0.25, 0.3) is 0 Å². The molecular weight excluding hydrogens is 325 g/mol. The summed E-state index contributed by atoms with van der Waals surface area (Å²) in [5.74, 6) is 0. The maximum absolute atomic E-state index is 5.97. The highest BCUT2D eigenvalue weighted by molar-refractivity contribution is 7.80. The number of aromatic nitrogens is 1. The van der Waals surface area contributed by atoms with Gasteiger partial charge in [-0.2, -0.15) is 0 Å². The van der Waals surface area contributed by atoms with E-state index in [0.29, 0.717) is 15.3 Å². The van der Waals surface area contributed by atoms with Crippen molar-refractivity contribution in [2.45, 2.75) is 18.5 Å². The molecule has 2 heterocycles. The van der Waals surface area contributed by atoms with Crippen molar-refractivity contribution in [3.63, 3.8) is 0 Å². The third-order valence-corrected chi connectivity index (χ3v) is 4.45. The number of thiocarbonyl (C=S) groups is 1. The minimum absolute atomic E-state index is 0.00904. The molecule has 0 saturated carbocycles. The smallest absolute Gasteiger partial charge is 0.167 e. The number of halogens is 2. The van der Waals surface area contributed by atoms with Crippen molar-refractivity contribution < 1.29 is 0 Å². The van der Waals surface area contributed by atoms with Gasteiger partial charge in [-0.25, -0.2) is 4.98 Å². The Bertz CT molecular complexity index is 672. The normalized spacial score (nSPS) is 24.5. The Morgan fingerprint density at radius 3 is 2.48 bits per heavy atom. The van der Waals surface area contributed by atoms with E-state index in [2.05, 4.69) is 22.5 Å². The number of pyridine rings is 1. The second-order valence-electron chi connectivity index (χ2n) is 5.15. The SMILES string of the molecule is C[C@]1(c2ccc(Cl)nc2)NC(=S)N[C@H]1c1ccc(Cl)cc1. The topological polar surface area (TPSA) is 37.0 Å². The molecule has 0 spiro atoms. The Hall–Kier alpha value is -1.36. The molecule has 0 bridgehead atoms. The van der Waals surface area contributed by atoms with Gasteiger partial charge in [-0.1, -0.05) is 41.4 Å². The highest BCUT2D eigenvalue weighted by Crippen LogP contribution is 2.38. The molecule has 1 aromatic heterocycles. The molecule has 2 aromatic rings. The summed E-state index contributed by atoms with van der Waals surface area (Å²) in [5.41, 5.74) is 1.71. The largest absolute Gasteiger partial charge is 0.353 e. The summed E-state index contributed by atoms with van der Waals surface area (Å²) in [4.78, 5) is 4.17. The Kier molecular flexibility index (Phi) is 3.78. The van der Waals surface area contributed by atoms with Crippen molar-refractivity contribution in [2.24, 2.45) is 0 Å². The average molecular weight is 338 g/mol. The zero-order chi connectivity index (χ0) is 15.0. The van der Waals surface area contributed by atoms with Crippen molar-refractivity contribution in [1.82, 2.24) is 15.6 Å². The maximum Gasteiger partial charge on any atom is 0.167 e. The highest BCUT2D eigenvalue weighted by atomic mass is 35.5. The van der Waals surface area contributed by atoms with Gasteiger partial charge < -0.3 is 10.6 Å². The van der Waals surface area contributed by atoms with Crippen molar-refractivity contribution >= 4 is 40.5 Å². The van der Waals surface area contributed by atoms with Gasteiger partial charge in [-0.3, -0.25) is 0 Å². The van der Waals surface area contributed by atoms with Crippen molar-refractivity contribution in [2.75, 3.05) is 0 Å². The standard InChI is InChI=1S/C15H13Cl2N3S/c1-15(10-4-7-12(17)18-8-10)13(19-14(21)20-15)9-2-5-11(16)6-3-9/h2-8,13H,1H3,(H2,19,20,21)/t13-,15+/m0/s1. The van der Waals surface area contributed by atoms with Crippen LogP contribution in [0.2, 0.25) is 10.2 Å². The molecule has 3 rings (SSSR count). The Labute approximate surface area is 138 Å². The third kappa shape index (κ3) is 2.71. The van der Waals surface area contributed by atoms with E-state index < -0.39 is 5.54 Å². The summed E-state index contributed by atoms with van der Waals surface area (Å²) in [6.07, 6.45) is 1.77. The first-order chi connectivity index (χ1) is 9.99. The molecule has 108 valence electrons. The van der Waals surface area contributed by atoms with E-state index in [0.717, 1.165) is 11.1 Å². The van der Waals surface area contributed by atoms with E-state index >= 15 is 0 Å². The van der Waals surface area contributed by atoms with E-state index in [9.17, 15) is 0 Å². The number of hydrogen-bond donors (Lipinski definition) is 2. The molecule has 6 heteroatoms. The van der Waals surface area contributed by atoms with Crippen molar-refractivity contribution in [3.8, 4) is 0 Å². The molecule has 21 heavy (non-hydrogen) atoms. The fourth-order valence-electron chi connectivity index (χ4n) is 2.61. The van der Waals surface area contributed by atoms with Gasteiger partial charge >= 0.3 is 0 Å². The van der Waals surface area contributed by atoms with Crippen LogP contribution in [-0.4, -0.2) is 10.1 Å². The molecule has 1 aromatic carbocycles. The predicted molar refractivity (Wildman–Crippen MR) is 89.7 cm³/mol. The molecule has 1 fully saturated rings. The molecule has 1 aliphatic heterocycles. The summed E-state index contributed by atoms with van der Waals surface area (Å²) < 4.78 is 0. The van der Waals surface area contributed by atoms with Crippen LogP contribution in [0.5, 0.6) is 0 Å². The van der Waals surface area contributed by atoms with E-state index in [1.54, 1.807) is 12.3 Å². The maximum atomic E-state index is 5.97. The van der Waals surface area contributed by atoms with E-state index in [-0.39, 0.29) is 6.04 Å². The molecule has 0 unspecified atom stereocenters. The minimum Gasteiger partial charge on any atom is -0.353 e. The molecule has 2 N–H and O–H groups in total. The molecule has 1 aliphatic rings. The average Bonchev–Trinajstić information content (AvgIpc) is 2.76. The number of rotatable bonds is 2. The zero-order valence-corrected chi connectivity index (χ0v) is 13.6. The summed E-state index contributed by atoms with van der Waals surface area (Å²) >= 11 is 17.1. The lowest BCUT2D eigenvalue weighted by molar-refractivity contribution is 0.378. The van der Waals surface area contributed by atoms with Crippen LogP contribution in [-0.2, 0) is 5.54 Å². The third-order valence-electron chi connectivity index (χ3n) is 3.76. The summed E-state index contributed by atoms with van der Waals surface area (Å²) in [5, 5.41) is 8.44. The van der Waals surface area contributed by atoms with Crippen molar-refractivity contribution in [3.05, 3.63) is 63.9 Å². The van der Waals surface area contributed by atoms with Crippen molar-refractivity contribution in [1.29, 1.82) is 0 Å². The summed E-state index contributed by atoms with van der Waals surface area (Å²) in [6.45, 7) is 2.09. The van der Waals surface area contributed by atoms with Crippen LogP contribution in [0, 0.1) is 0 Å². The lowest BCUT2D eigenvalue weighted by Crippen LogP contribution is -2.39. The fraction of sp³-hybridized carbons (Fsp3) is 0.200. The molecular formula is C15H13Cl2N3S.